The molecule has 0 unspecified atom stereocenters. The van der Waals surface area contributed by atoms with E-state index in [0.29, 0.717) is 11.6 Å². The van der Waals surface area contributed by atoms with E-state index in [1.807, 2.05) is 32.0 Å². The van der Waals surface area contributed by atoms with E-state index in [1.165, 1.54) is 0 Å². The Morgan fingerprint density at radius 2 is 1.82 bits per heavy atom. The second-order valence-electron chi connectivity index (χ2n) is 6.15. The fraction of sp³-hybridized carbons (Fsp3) is 0.529. The molecule has 2 rings (SSSR count). The zero-order valence-electron chi connectivity index (χ0n) is 13.2. The van der Waals surface area contributed by atoms with E-state index in [0.717, 1.165) is 36.8 Å². The molecular weight excluding hydrogens is 280 g/mol. The van der Waals surface area contributed by atoms with Crippen LogP contribution in [-0.4, -0.2) is 29.6 Å². The molecular formula is C17H24N2O3. The van der Waals surface area contributed by atoms with E-state index in [2.05, 4.69) is 10.6 Å². The van der Waals surface area contributed by atoms with Gasteiger partial charge in [0.15, 0.2) is 0 Å². The van der Waals surface area contributed by atoms with Gasteiger partial charge in [-0.15, -0.1) is 0 Å². The summed E-state index contributed by atoms with van der Waals surface area (Å²) in [5.74, 6) is -0.886. The van der Waals surface area contributed by atoms with Gasteiger partial charge in [0.25, 0.3) is 0 Å². The summed E-state index contributed by atoms with van der Waals surface area (Å²) in [6, 6.07) is 5.76. The second-order valence-corrected chi connectivity index (χ2v) is 6.15. The third-order valence-corrected chi connectivity index (χ3v) is 4.29. The van der Waals surface area contributed by atoms with Gasteiger partial charge in [0.1, 0.15) is 0 Å². The van der Waals surface area contributed by atoms with Gasteiger partial charge in [-0.3, -0.25) is 9.59 Å². The highest BCUT2D eigenvalue weighted by Crippen LogP contribution is 2.23. The first-order chi connectivity index (χ1) is 10.5. The molecule has 120 valence electrons. The average molecular weight is 304 g/mol. The van der Waals surface area contributed by atoms with Crippen molar-refractivity contribution in [3.63, 3.8) is 0 Å². The molecule has 1 saturated carbocycles. The number of anilines is 1. The molecule has 0 saturated heterocycles. The van der Waals surface area contributed by atoms with Gasteiger partial charge in [-0.05, 0) is 62.6 Å². The number of benzene rings is 1. The van der Waals surface area contributed by atoms with Gasteiger partial charge in [-0.25, -0.2) is 0 Å². The zero-order valence-corrected chi connectivity index (χ0v) is 13.2. The molecule has 1 aromatic carbocycles. The van der Waals surface area contributed by atoms with Gasteiger partial charge < -0.3 is 15.7 Å². The molecule has 0 radical (unpaired) electrons. The molecule has 1 fully saturated rings. The van der Waals surface area contributed by atoms with E-state index in [-0.39, 0.29) is 12.6 Å². The minimum Gasteiger partial charge on any atom is -0.396 e. The van der Waals surface area contributed by atoms with Gasteiger partial charge in [0.05, 0.1) is 0 Å². The van der Waals surface area contributed by atoms with Crippen molar-refractivity contribution in [2.45, 2.75) is 45.6 Å². The van der Waals surface area contributed by atoms with Crippen molar-refractivity contribution in [3.8, 4) is 0 Å². The fourth-order valence-electron chi connectivity index (χ4n) is 2.79. The minimum absolute atomic E-state index is 0.0275. The molecule has 1 aromatic rings. The van der Waals surface area contributed by atoms with Crippen LogP contribution in [-0.2, 0) is 9.59 Å². The summed E-state index contributed by atoms with van der Waals surface area (Å²) < 4.78 is 0. The maximum absolute atomic E-state index is 12.0. The number of aryl methyl sites for hydroxylation is 2. The number of carbonyl (C=O) groups is 2. The van der Waals surface area contributed by atoms with Crippen LogP contribution in [0.1, 0.15) is 36.8 Å². The number of aliphatic hydroxyl groups excluding tert-OH is 1. The highest BCUT2D eigenvalue weighted by Gasteiger charge is 2.24. The van der Waals surface area contributed by atoms with Crippen LogP contribution in [0.3, 0.4) is 0 Å². The Kier molecular flexibility index (Phi) is 5.55. The van der Waals surface area contributed by atoms with Crippen LogP contribution in [0, 0.1) is 19.8 Å². The van der Waals surface area contributed by atoms with Gasteiger partial charge >= 0.3 is 11.8 Å². The van der Waals surface area contributed by atoms with E-state index in [9.17, 15) is 9.59 Å². The summed E-state index contributed by atoms with van der Waals surface area (Å²) in [5, 5.41) is 14.6. The maximum atomic E-state index is 12.0. The molecule has 0 bridgehead atoms. The molecule has 22 heavy (non-hydrogen) atoms. The molecule has 1 aliphatic carbocycles. The number of hydrogen-bond acceptors (Lipinski definition) is 3. The van der Waals surface area contributed by atoms with Gasteiger partial charge in [0, 0.05) is 18.3 Å². The molecule has 2 amide bonds. The number of carbonyl (C=O) groups excluding carboxylic acids is 2. The lowest BCUT2D eigenvalue weighted by molar-refractivity contribution is -0.136. The monoisotopic (exact) mass is 304 g/mol. The van der Waals surface area contributed by atoms with Crippen molar-refractivity contribution in [1.82, 2.24) is 5.32 Å². The quantitative estimate of drug-likeness (QED) is 0.746. The van der Waals surface area contributed by atoms with Crippen LogP contribution in [0.25, 0.3) is 0 Å². The number of hydrogen-bond donors (Lipinski definition) is 3. The SMILES string of the molecule is Cc1ccc(C)c(NC(=O)C(=O)NC2CCC(CO)CC2)c1. The van der Waals surface area contributed by atoms with Crippen LogP contribution in [0.2, 0.25) is 0 Å². The van der Waals surface area contributed by atoms with Crippen LogP contribution in [0.4, 0.5) is 5.69 Å². The Morgan fingerprint density at radius 1 is 1.14 bits per heavy atom. The summed E-state index contributed by atoms with van der Waals surface area (Å²) in [7, 11) is 0. The minimum atomic E-state index is -0.627. The largest absolute Gasteiger partial charge is 0.396 e. The number of aliphatic hydroxyl groups is 1. The molecule has 0 aliphatic heterocycles. The molecule has 0 heterocycles. The van der Waals surface area contributed by atoms with E-state index < -0.39 is 11.8 Å². The number of nitrogens with one attached hydrogen (secondary N) is 2. The average Bonchev–Trinajstić information content (AvgIpc) is 2.51. The lowest BCUT2D eigenvalue weighted by Gasteiger charge is -2.27. The van der Waals surface area contributed by atoms with Crippen molar-refractivity contribution in [2.75, 3.05) is 11.9 Å². The summed E-state index contributed by atoms with van der Waals surface area (Å²) in [6.07, 6.45) is 3.40. The molecule has 0 spiro atoms. The van der Waals surface area contributed by atoms with Crippen LogP contribution >= 0.6 is 0 Å². The predicted molar refractivity (Wildman–Crippen MR) is 85.5 cm³/mol. The van der Waals surface area contributed by atoms with Gasteiger partial charge in [0.2, 0.25) is 0 Å². The molecule has 5 nitrogen and oxygen atoms in total. The summed E-state index contributed by atoms with van der Waals surface area (Å²) in [4.78, 5) is 24.0. The van der Waals surface area contributed by atoms with Crippen molar-refractivity contribution in [3.05, 3.63) is 29.3 Å². The van der Waals surface area contributed by atoms with E-state index >= 15 is 0 Å². The third-order valence-electron chi connectivity index (χ3n) is 4.29. The van der Waals surface area contributed by atoms with Crippen LogP contribution in [0.5, 0.6) is 0 Å². The van der Waals surface area contributed by atoms with Gasteiger partial charge in [-0.1, -0.05) is 12.1 Å². The Balaban J connectivity index is 1.87. The highest BCUT2D eigenvalue weighted by atomic mass is 16.3. The van der Waals surface area contributed by atoms with Crippen LogP contribution in [0.15, 0.2) is 18.2 Å². The molecule has 0 aromatic heterocycles. The molecule has 5 heteroatoms. The van der Waals surface area contributed by atoms with Crippen molar-refractivity contribution >= 4 is 17.5 Å². The maximum Gasteiger partial charge on any atom is 0.313 e. The Labute approximate surface area is 131 Å². The smallest absolute Gasteiger partial charge is 0.313 e. The normalized spacial score (nSPS) is 21.2. The third kappa shape index (κ3) is 4.31. The summed E-state index contributed by atoms with van der Waals surface area (Å²) in [6.45, 7) is 4.03. The first-order valence-electron chi connectivity index (χ1n) is 7.79. The Bertz CT molecular complexity index is 549. The number of amides is 2. The first-order valence-corrected chi connectivity index (χ1v) is 7.79. The lowest BCUT2D eigenvalue weighted by atomic mass is 9.86. The van der Waals surface area contributed by atoms with Crippen LogP contribution < -0.4 is 10.6 Å². The standard InChI is InChI=1S/C17H24N2O3/c1-11-3-4-12(2)15(9-11)19-17(22)16(21)18-14-7-5-13(10-20)6-8-14/h3-4,9,13-14,20H,5-8,10H2,1-2H3,(H,18,21)(H,19,22). The number of rotatable bonds is 3. The Hall–Kier alpha value is -1.88. The molecule has 0 atom stereocenters. The first kappa shape index (κ1) is 16.5. The lowest BCUT2D eigenvalue weighted by Crippen LogP contribution is -2.43. The van der Waals surface area contributed by atoms with E-state index in [4.69, 9.17) is 5.11 Å². The fourth-order valence-corrected chi connectivity index (χ4v) is 2.79. The van der Waals surface area contributed by atoms with Crippen molar-refractivity contribution < 1.29 is 14.7 Å². The molecule has 3 N–H and O–H groups in total. The van der Waals surface area contributed by atoms with Gasteiger partial charge in [-0.2, -0.15) is 0 Å². The molecule has 1 aliphatic rings. The topological polar surface area (TPSA) is 78.4 Å². The Morgan fingerprint density at radius 3 is 2.45 bits per heavy atom. The second kappa shape index (κ2) is 7.40. The predicted octanol–water partition coefficient (Wildman–Crippen LogP) is 1.91. The zero-order chi connectivity index (χ0) is 16.1. The highest BCUT2D eigenvalue weighted by molar-refractivity contribution is 6.39. The summed E-state index contributed by atoms with van der Waals surface area (Å²) >= 11 is 0. The van der Waals surface area contributed by atoms with Crippen molar-refractivity contribution in [2.24, 2.45) is 5.92 Å². The van der Waals surface area contributed by atoms with E-state index in [1.54, 1.807) is 0 Å². The van der Waals surface area contributed by atoms with Crippen molar-refractivity contribution in [1.29, 1.82) is 0 Å². The summed E-state index contributed by atoms with van der Waals surface area (Å²) in [5.41, 5.74) is 2.63.